The highest BCUT2D eigenvalue weighted by atomic mass is 35.5. The van der Waals surface area contributed by atoms with E-state index in [0.29, 0.717) is 39.9 Å². The number of ether oxygens (including phenoxy) is 1. The summed E-state index contributed by atoms with van der Waals surface area (Å²) in [5, 5.41) is 28.8. The van der Waals surface area contributed by atoms with Crippen molar-refractivity contribution in [3.63, 3.8) is 0 Å². The number of hydrogen-bond donors (Lipinski definition) is 3. The lowest BCUT2D eigenvalue weighted by Crippen LogP contribution is -2.28. The zero-order chi connectivity index (χ0) is 22.4. The van der Waals surface area contributed by atoms with Gasteiger partial charge >= 0.3 is 0 Å². The van der Waals surface area contributed by atoms with Crippen molar-refractivity contribution in [1.82, 2.24) is 24.7 Å². The Labute approximate surface area is 191 Å². The molecule has 1 aliphatic rings. The van der Waals surface area contributed by atoms with Crippen molar-refractivity contribution >= 4 is 45.9 Å². The molecule has 1 fully saturated rings. The zero-order valence-electron chi connectivity index (χ0n) is 16.7. The number of imidazole rings is 1. The Kier molecular flexibility index (Phi) is 5.48. The monoisotopic (exact) mass is 476 g/mol. The molecule has 0 spiro atoms. The van der Waals surface area contributed by atoms with Crippen molar-refractivity contribution in [1.29, 1.82) is 0 Å². The molecule has 1 aliphatic heterocycles. The van der Waals surface area contributed by atoms with Gasteiger partial charge in [-0.25, -0.2) is 4.98 Å². The molecule has 10 nitrogen and oxygen atoms in total. The molecule has 4 aromatic rings. The Morgan fingerprint density at radius 1 is 1.16 bits per heavy atom. The van der Waals surface area contributed by atoms with Gasteiger partial charge in [0.2, 0.25) is 5.28 Å². The molecule has 1 saturated heterocycles. The molecule has 4 heterocycles. The normalized spacial score (nSPS) is 23.2. The fourth-order valence-electron chi connectivity index (χ4n) is 3.61. The first-order valence-electron chi connectivity index (χ1n) is 9.85. The number of fused-ring (bicyclic) bond motifs is 1. The van der Waals surface area contributed by atoms with E-state index in [1.54, 1.807) is 18.2 Å². The lowest BCUT2D eigenvalue weighted by molar-refractivity contribution is -0.0434. The van der Waals surface area contributed by atoms with Crippen molar-refractivity contribution in [3.05, 3.63) is 58.4 Å². The molecule has 5 rings (SSSR count). The summed E-state index contributed by atoms with van der Waals surface area (Å²) in [4.78, 5) is 12.8. The van der Waals surface area contributed by atoms with Gasteiger partial charge in [-0.2, -0.15) is 9.97 Å². The molecule has 0 radical (unpaired) electrons. The van der Waals surface area contributed by atoms with Crippen LogP contribution in [0.1, 0.15) is 30.7 Å². The average molecular weight is 477 g/mol. The predicted octanol–water partition coefficient (Wildman–Crippen LogP) is 3.42. The van der Waals surface area contributed by atoms with Crippen LogP contribution in [0.4, 0.5) is 11.5 Å². The second-order valence-electron chi connectivity index (χ2n) is 7.27. The third-order valence-corrected chi connectivity index (χ3v) is 5.75. The third kappa shape index (κ3) is 3.59. The summed E-state index contributed by atoms with van der Waals surface area (Å²) in [5.74, 6) is 0.660. The quantitative estimate of drug-likeness (QED) is 0.370. The highest BCUT2D eigenvalue weighted by molar-refractivity contribution is 6.33. The van der Waals surface area contributed by atoms with Crippen molar-refractivity contribution in [2.75, 3.05) is 5.32 Å². The SMILES string of the molecule is CCc1cc([C@H]2O[C@@H](n3cnc4c(Nc5ccccc5Cl)nc(Cl)nc43)[C@H](O)[C@@H]2O)on1. The largest absolute Gasteiger partial charge is 0.387 e. The molecule has 1 aromatic carbocycles. The second kappa shape index (κ2) is 8.30. The minimum Gasteiger partial charge on any atom is -0.387 e. The number of benzene rings is 1. The smallest absolute Gasteiger partial charge is 0.226 e. The van der Waals surface area contributed by atoms with Crippen LogP contribution in [0, 0.1) is 0 Å². The van der Waals surface area contributed by atoms with Crippen LogP contribution in [0.2, 0.25) is 10.3 Å². The third-order valence-electron chi connectivity index (χ3n) is 5.25. The van der Waals surface area contributed by atoms with E-state index in [0.717, 1.165) is 5.69 Å². The summed E-state index contributed by atoms with van der Waals surface area (Å²) in [5.41, 5.74) is 2.03. The van der Waals surface area contributed by atoms with E-state index >= 15 is 0 Å². The van der Waals surface area contributed by atoms with E-state index in [4.69, 9.17) is 32.5 Å². The molecule has 4 atom stereocenters. The van der Waals surface area contributed by atoms with E-state index in [1.165, 1.54) is 10.9 Å². The molecular formula is C20H18Cl2N6O4. The zero-order valence-corrected chi connectivity index (χ0v) is 18.2. The summed E-state index contributed by atoms with van der Waals surface area (Å²) in [6, 6.07) is 8.85. The second-order valence-corrected chi connectivity index (χ2v) is 8.02. The number of para-hydroxylation sites is 1. The van der Waals surface area contributed by atoms with E-state index in [1.807, 2.05) is 19.1 Å². The predicted molar refractivity (Wildman–Crippen MR) is 116 cm³/mol. The molecule has 0 unspecified atom stereocenters. The number of rotatable bonds is 5. The van der Waals surface area contributed by atoms with Crippen LogP contribution in [-0.4, -0.2) is 47.1 Å². The van der Waals surface area contributed by atoms with Gasteiger partial charge in [-0.1, -0.05) is 35.8 Å². The number of nitrogens with zero attached hydrogens (tertiary/aromatic N) is 5. The summed E-state index contributed by atoms with van der Waals surface area (Å²) >= 11 is 12.4. The average Bonchev–Trinajstić information content (AvgIpc) is 3.48. The molecule has 32 heavy (non-hydrogen) atoms. The van der Waals surface area contributed by atoms with Crippen LogP contribution in [0.25, 0.3) is 11.2 Å². The van der Waals surface area contributed by atoms with Crippen LogP contribution < -0.4 is 5.32 Å². The molecular weight excluding hydrogens is 459 g/mol. The minimum absolute atomic E-state index is 0.0405. The van der Waals surface area contributed by atoms with Gasteiger partial charge in [0.05, 0.1) is 22.7 Å². The number of aryl methyl sites for hydroxylation is 1. The summed E-state index contributed by atoms with van der Waals surface area (Å²) in [7, 11) is 0. The lowest BCUT2D eigenvalue weighted by Gasteiger charge is -2.16. The first-order valence-corrected chi connectivity index (χ1v) is 10.6. The van der Waals surface area contributed by atoms with Crippen molar-refractivity contribution in [3.8, 4) is 0 Å². The number of aromatic nitrogens is 5. The minimum atomic E-state index is -1.28. The van der Waals surface area contributed by atoms with Crippen molar-refractivity contribution < 1.29 is 19.5 Å². The Morgan fingerprint density at radius 3 is 2.72 bits per heavy atom. The Bertz CT molecular complexity index is 1280. The van der Waals surface area contributed by atoms with Crippen LogP contribution >= 0.6 is 23.2 Å². The Morgan fingerprint density at radius 2 is 1.97 bits per heavy atom. The summed E-state index contributed by atoms with van der Waals surface area (Å²) < 4.78 is 12.7. The Balaban J connectivity index is 1.51. The molecule has 166 valence electrons. The molecule has 0 saturated carbocycles. The van der Waals surface area contributed by atoms with E-state index in [-0.39, 0.29) is 5.28 Å². The maximum Gasteiger partial charge on any atom is 0.226 e. The fraction of sp³-hybridized carbons (Fsp3) is 0.300. The first kappa shape index (κ1) is 21.1. The highest BCUT2D eigenvalue weighted by Crippen LogP contribution is 2.40. The molecule has 0 aliphatic carbocycles. The van der Waals surface area contributed by atoms with Gasteiger partial charge in [0.25, 0.3) is 0 Å². The maximum atomic E-state index is 10.7. The topological polar surface area (TPSA) is 131 Å². The van der Waals surface area contributed by atoms with Crippen LogP contribution in [-0.2, 0) is 11.2 Å². The van der Waals surface area contributed by atoms with Gasteiger partial charge in [0.1, 0.15) is 18.3 Å². The number of anilines is 2. The summed E-state index contributed by atoms with van der Waals surface area (Å²) in [6.45, 7) is 1.93. The standard InChI is InChI=1S/C20H18Cl2N6O4/c1-2-9-7-12(32-27-9)16-14(29)15(30)19(31-16)28-8-23-13-17(25-20(22)26-18(13)28)24-11-6-4-3-5-10(11)21/h3-8,14-16,19,29-30H,2H2,1H3,(H,24,25,26)/t14-,15+,16+,19+/m0/s1. The number of hydrogen-bond acceptors (Lipinski definition) is 9. The van der Waals surface area contributed by atoms with Crippen molar-refractivity contribution in [2.24, 2.45) is 0 Å². The van der Waals surface area contributed by atoms with Gasteiger partial charge in [-0.05, 0) is 30.2 Å². The van der Waals surface area contributed by atoms with E-state index < -0.39 is 24.5 Å². The highest BCUT2D eigenvalue weighted by Gasteiger charge is 2.47. The van der Waals surface area contributed by atoms with Gasteiger partial charge in [0, 0.05) is 6.07 Å². The van der Waals surface area contributed by atoms with E-state index in [9.17, 15) is 10.2 Å². The number of aliphatic hydroxyl groups excluding tert-OH is 2. The molecule has 0 amide bonds. The molecule has 12 heteroatoms. The van der Waals surface area contributed by atoms with Gasteiger partial charge in [-0.15, -0.1) is 0 Å². The number of halogens is 2. The Hall–Kier alpha value is -2.76. The van der Waals surface area contributed by atoms with Gasteiger partial charge in [0.15, 0.2) is 29.0 Å². The molecule has 3 aromatic heterocycles. The van der Waals surface area contributed by atoms with Crippen molar-refractivity contribution in [2.45, 2.75) is 37.9 Å². The van der Waals surface area contributed by atoms with Gasteiger partial charge in [-0.3, -0.25) is 4.57 Å². The summed E-state index contributed by atoms with van der Waals surface area (Å²) in [6.07, 6.45) is -2.31. The first-order chi connectivity index (χ1) is 15.5. The fourth-order valence-corrected chi connectivity index (χ4v) is 3.95. The van der Waals surface area contributed by atoms with Crippen LogP contribution in [0.5, 0.6) is 0 Å². The van der Waals surface area contributed by atoms with E-state index in [2.05, 4.69) is 25.4 Å². The lowest BCUT2D eigenvalue weighted by atomic mass is 10.1. The number of aliphatic hydroxyl groups is 2. The van der Waals surface area contributed by atoms with Crippen LogP contribution in [0.3, 0.4) is 0 Å². The number of nitrogens with one attached hydrogen (secondary N) is 1. The maximum absolute atomic E-state index is 10.7. The molecule has 3 N–H and O–H groups in total. The molecule has 0 bridgehead atoms. The van der Waals surface area contributed by atoms with Gasteiger partial charge < -0.3 is 24.8 Å². The van der Waals surface area contributed by atoms with Crippen LogP contribution in [0.15, 0.2) is 41.2 Å².